The van der Waals surface area contributed by atoms with Crippen LogP contribution in [0.5, 0.6) is 0 Å². The molecule has 12 heavy (non-hydrogen) atoms. The van der Waals surface area contributed by atoms with E-state index in [9.17, 15) is 8.42 Å². The van der Waals surface area contributed by atoms with Crippen LogP contribution in [0, 0.1) is 0 Å². The molecule has 1 aliphatic heterocycles. The molecular weight excluding hydrogens is 246 g/mol. The van der Waals surface area contributed by atoms with Crippen LogP contribution in [0.15, 0.2) is 0 Å². The third kappa shape index (κ3) is 2.42. The van der Waals surface area contributed by atoms with E-state index in [1.165, 1.54) is 4.31 Å². The fourth-order valence-electron chi connectivity index (χ4n) is 1.11. The minimum atomic E-state index is -3.08. The molecule has 4 nitrogen and oxygen atoms in total. The average molecular weight is 258 g/mol. The molecule has 0 amide bonds. The van der Waals surface area contributed by atoms with Gasteiger partial charge in [0.15, 0.2) is 0 Å². The van der Waals surface area contributed by atoms with E-state index in [-0.39, 0.29) is 10.8 Å². The van der Waals surface area contributed by atoms with Gasteiger partial charge in [-0.15, -0.1) is 0 Å². The number of ether oxygens (including phenoxy) is 1. The number of sulfonamides is 1. The van der Waals surface area contributed by atoms with Crippen LogP contribution in [0.4, 0.5) is 0 Å². The molecule has 0 aliphatic carbocycles. The summed E-state index contributed by atoms with van der Waals surface area (Å²) in [6, 6.07) is 0. The van der Waals surface area contributed by atoms with Gasteiger partial charge in [-0.25, -0.2) is 8.42 Å². The molecule has 0 aromatic carbocycles. The lowest BCUT2D eigenvalue weighted by Gasteiger charge is -2.29. The van der Waals surface area contributed by atoms with Crippen LogP contribution in [-0.4, -0.2) is 43.2 Å². The van der Waals surface area contributed by atoms with Crippen molar-refractivity contribution in [3.8, 4) is 0 Å². The number of rotatable bonds is 2. The van der Waals surface area contributed by atoms with E-state index >= 15 is 0 Å². The van der Waals surface area contributed by atoms with Crippen LogP contribution in [0.1, 0.15) is 6.92 Å². The maximum Gasteiger partial charge on any atom is 0.224 e. The van der Waals surface area contributed by atoms with Gasteiger partial charge >= 0.3 is 0 Å². The molecule has 72 valence electrons. The van der Waals surface area contributed by atoms with E-state index in [0.717, 1.165) is 0 Å². The summed E-state index contributed by atoms with van der Waals surface area (Å²) in [6.45, 7) is 3.30. The highest BCUT2D eigenvalue weighted by Crippen LogP contribution is 2.11. The van der Waals surface area contributed by atoms with Crippen LogP contribution in [-0.2, 0) is 14.8 Å². The lowest BCUT2D eigenvalue weighted by molar-refractivity contribution is 0.0103. The van der Waals surface area contributed by atoms with Gasteiger partial charge in [-0.2, -0.15) is 4.31 Å². The second-order valence-corrected chi connectivity index (χ2v) is 6.03. The van der Waals surface area contributed by atoms with Crippen molar-refractivity contribution in [3.05, 3.63) is 0 Å². The summed E-state index contributed by atoms with van der Waals surface area (Å²) in [5.41, 5.74) is 0. The summed E-state index contributed by atoms with van der Waals surface area (Å²) in [5.74, 6) is 0. The van der Waals surface area contributed by atoms with Crippen LogP contribution >= 0.6 is 15.9 Å². The molecule has 0 bridgehead atoms. The third-order valence-electron chi connectivity index (χ3n) is 1.74. The molecule has 0 saturated carbocycles. The number of morpholine rings is 1. The lowest BCUT2D eigenvalue weighted by atomic mass is 10.3. The van der Waals surface area contributed by atoms with E-state index < -0.39 is 10.0 Å². The van der Waals surface area contributed by atoms with Gasteiger partial charge in [0.1, 0.15) is 4.66 Å². The van der Waals surface area contributed by atoms with Crippen molar-refractivity contribution in [1.82, 2.24) is 4.31 Å². The second kappa shape index (κ2) is 4.04. The summed E-state index contributed by atoms with van der Waals surface area (Å²) in [4.78, 5) is 0. The maximum absolute atomic E-state index is 11.3. The van der Waals surface area contributed by atoms with E-state index in [1.807, 2.05) is 6.92 Å². The molecule has 1 heterocycles. The SMILES string of the molecule is CC1CN(S(=O)(=O)CBr)CCO1. The van der Waals surface area contributed by atoms with Crippen LogP contribution in [0.3, 0.4) is 0 Å². The Morgan fingerprint density at radius 1 is 1.67 bits per heavy atom. The third-order valence-corrected chi connectivity index (χ3v) is 4.86. The molecule has 1 unspecified atom stereocenters. The minimum Gasteiger partial charge on any atom is -0.376 e. The van der Waals surface area contributed by atoms with Crippen LogP contribution in [0.2, 0.25) is 0 Å². The van der Waals surface area contributed by atoms with Gasteiger partial charge in [-0.3, -0.25) is 0 Å². The number of hydrogen-bond acceptors (Lipinski definition) is 3. The topological polar surface area (TPSA) is 46.6 Å². The highest BCUT2D eigenvalue weighted by molar-refractivity contribution is 9.10. The Kier molecular flexibility index (Phi) is 3.51. The molecule has 0 spiro atoms. The van der Waals surface area contributed by atoms with E-state index in [2.05, 4.69) is 15.9 Å². The van der Waals surface area contributed by atoms with Gasteiger partial charge in [0.2, 0.25) is 10.0 Å². The number of nitrogens with zero attached hydrogens (tertiary/aromatic N) is 1. The Morgan fingerprint density at radius 3 is 2.83 bits per heavy atom. The Balaban J connectivity index is 2.63. The highest BCUT2D eigenvalue weighted by Gasteiger charge is 2.26. The van der Waals surface area contributed by atoms with Crippen molar-refractivity contribution in [2.24, 2.45) is 0 Å². The lowest BCUT2D eigenvalue weighted by Crippen LogP contribution is -2.44. The predicted octanol–water partition coefficient (Wildman–Crippen LogP) is 0.389. The number of alkyl halides is 1. The fraction of sp³-hybridized carbons (Fsp3) is 1.00. The molecule has 0 radical (unpaired) electrons. The Hall–Kier alpha value is 0.350. The second-order valence-electron chi connectivity index (χ2n) is 2.76. The minimum absolute atomic E-state index is 0.00701. The summed E-state index contributed by atoms with van der Waals surface area (Å²) < 4.78 is 29.3. The summed E-state index contributed by atoms with van der Waals surface area (Å²) in [5, 5.41) is 0. The Labute approximate surface area is 81.1 Å². The van der Waals surface area contributed by atoms with Crippen molar-refractivity contribution in [2.45, 2.75) is 13.0 Å². The zero-order chi connectivity index (χ0) is 9.19. The normalized spacial score (nSPS) is 27.3. The smallest absolute Gasteiger partial charge is 0.224 e. The zero-order valence-electron chi connectivity index (χ0n) is 6.86. The standard InChI is InChI=1S/C6H12BrNO3S/c1-6-4-8(2-3-11-6)12(9,10)5-7/h6H,2-5H2,1H3. The van der Waals surface area contributed by atoms with Gasteiger partial charge in [-0.1, -0.05) is 15.9 Å². The predicted molar refractivity (Wildman–Crippen MR) is 49.7 cm³/mol. The molecule has 1 aliphatic rings. The molecular formula is C6H12BrNO3S. The van der Waals surface area contributed by atoms with E-state index in [4.69, 9.17) is 4.74 Å². The van der Waals surface area contributed by atoms with Gasteiger partial charge in [0, 0.05) is 13.1 Å². The monoisotopic (exact) mass is 257 g/mol. The number of hydrogen-bond donors (Lipinski definition) is 0. The largest absolute Gasteiger partial charge is 0.376 e. The van der Waals surface area contributed by atoms with Gasteiger partial charge in [0.05, 0.1) is 12.7 Å². The zero-order valence-corrected chi connectivity index (χ0v) is 9.27. The van der Waals surface area contributed by atoms with Crippen molar-refractivity contribution >= 4 is 26.0 Å². The molecule has 0 N–H and O–H groups in total. The Bertz CT molecular complexity index is 241. The first-order valence-electron chi connectivity index (χ1n) is 3.71. The van der Waals surface area contributed by atoms with Crippen LogP contribution in [0.25, 0.3) is 0 Å². The molecule has 1 saturated heterocycles. The highest BCUT2D eigenvalue weighted by atomic mass is 79.9. The fourth-order valence-corrected chi connectivity index (χ4v) is 2.90. The summed E-state index contributed by atoms with van der Waals surface area (Å²) in [7, 11) is -3.08. The molecule has 1 atom stereocenters. The average Bonchev–Trinajstić information content (AvgIpc) is 2.05. The van der Waals surface area contributed by atoms with Gasteiger partial charge in [0.25, 0.3) is 0 Å². The number of halogens is 1. The molecule has 6 heteroatoms. The molecule has 0 aromatic rings. The van der Waals surface area contributed by atoms with Gasteiger partial charge < -0.3 is 4.74 Å². The van der Waals surface area contributed by atoms with E-state index in [1.54, 1.807) is 0 Å². The maximum atomic E-state index is 11.3. The van der Waals surface area contributed by atoms with E-state index in [0.29, 0.717) is 19.7 Å². The first kappa shape index (κ1) is 10.4. The quantitative estimate of drug-likeness (QED) is 0.673. The first-order valence-corrected chi connectivity index (χ1v) is 6.44. The Morgan fingerprint density at radius 2 is 2.33 bits per heavy atom. The van der Waals surface area contributed by atoms with Crippen molar-refractivity contribution < 1.29 is 13.2 Å². The summed E-state index contributed by atoms with van der Waals surface area (Å²) >= 11 is 2.96. The van der Waals surface area contributed by atoms with Crippen molar-refractivity contribution in [3.63, 3.8) is 0 Å². The van der Waals surface area contributed by atoms with Crippen LogP contribution < -0.4 is 0 Å². The first-order chi connectivity index (χ1) is 5.56. The molecule has 1 rings (SSSR count). The van der Waals surface area contributed by atoms with Gasteiger partial charge in [-0.05, 0) is 6.92 Å². The molecule has 0 aromatic heterocycles. The van der Waals surface area contributed by atoms with Crippen molar-refractivity contribution in [2.75, 3.05) is 24.4 Å². The van der Waals surface area contributed by atoms with Crippen molar-refractivity contribution in [1.29, 1.82) is 0 Å². The summed E-state index contributed by atoms with van der Waals surface area (Å²) in [6.07, 6.45) is 0.00701. The molecule has 1 fully saturated rings.